The lowest BCUT2D eigenvalue weighted by molar-refractivity contribution is -0.139. The van der Waals surface area contributed by atoms with Crippen molar-refractivity contribution in [2.24, 2.45) is 5.92 Å². The van der Waals surface area contributed by atoms with Crippen molar-refractivity contribution in [3.63, 3.8) is 0 Å². The molecule has 0 radical (unpaired) electrons. The van der Waals surface area contributed by atoms with Crippen LogP contribution >= 0.6 is 11.8 Å². The number of hydrogen-bond acceptors (Lipinski definition) is 3. The smallest absolute Gasteiger partial charge is 0.321 e. The van der Waals surface area contributed by atoms with E-state index in [2.05, 4.69) is 5.32 Å². The van der Waals surface area contributed by atoms with Crippen molar-refractivity contribution >= 4 is 17.7 Å². The van der Waals surface area contributed by atoms with E-state index in [-0.39, 0.29) is 6.04 Å². The molecule has 2 aliphatic rings. The third-order valence-corrected chi connectivity index (χ3v) is 4.68. The van der Waals surface area contributed by atoms with Crippen molar-refractivity contribution in [2.45, 2.75) is 44.2 Å². The van der Waals surface area contributed by atoms with E-state index in [1.54, 1.807) is 11.8 Å². The van der Waals surface area contributed by atoms with Gasteiger partial charge >= 0.3 is 5.97 Å². The van der Waals surface area contributed by atoms with Crippen molar-refractivity contribution in [1.82, 2.24) is 5.32 Å². The Bertz CT molecular complexity index is 229. The van der Waals surface area contributed by atoms with Gasteiger partial charge in [0, 0.05) is 17.5 Å². The Labute approximate surface area is 95.0 Å². The van der Waals surface area contributed by atoms with Gasteiger partial charge in [-0.05, 0) is 18.8 Å². The van der Waals surface area contributed by atoms with E-state index >= 15 is 0 Å². The summed E-state index contributed by atoms with van der Waals surface area (Å²) < 4.78 is 0. The molecule has 0 aromatic carbocycles. The summed E-state index contributed by atoms with van der Waals surface area (Å²) in [6, 6.07) is 0.112. The minimum absolute atomic E-state index is 0.323. The van der Waals surface area contributed by atoms with Gasteiger partial charge in [0.05, 0.1) is 0 Å². The van der Waals surface area contributed by atoms with Crippen LogP contribution < -0.4 is 5.32 Å². The first kappa shape index (κ1) is 11.3. The summed E-state index contributed by atoms with van der Waals surface area (Å²) in [5.74, 6) is 1.84. The van der Waals surface area contributed by atoms with Gasteiger partial charge in [-0.3, -0.25) is 10.1 Å². The molecule has 3 nitrogen and oxygen atoms in total. The Morgan fingerprint density at radius 2 is 1.93 bits per heavy atom. The summed E-state index contributed by atoms with van der Waals surface area (Å²) in [4.78, 5) is 10.9. The molecule has 15 heavy (non-hydrogen) atoms. The minimum Gasteiger partial charge on any atom is -0.480 e. The second kappa shape index (κ2) is 5.21. The Morgan fingerprint density at radius 1 is 1.20 bits per heavy atom. The average Bonchev–Trinajstić information content (AvgIpc) is 2.30. The molecule has 1 aliphatic carbocycles. The maximum Gasteiger partial charge on any atom is 0.321 e. The van der Waals surface area contributed by atoms with Gasteiger partial charge in [-0.15, -0.1) is 0 Å². The number of hydrogen-bond donors (Lipinski definition) is 2. The largest absolute Gasteiger partial charge is 0.480 e. The summed E-state index contributed by atoms with van der Waals surface area (Å²) >= 11 is 1.79. The zero-order valence-electron chi connectivity index (χ0n) is 8.95. The fourth-order valence-corrected chi connectivity index (χ4v) is 3.85. The molecule has 2 N–H and O–H groups in total. The van der Waals surface area contributed by atoms with E-state index in [1.807, 2.05) is 0 Å². The lowest BCUT2D eigenvalue weighted by atomic mass is 9.84. The van der Waals surface area contributed by atoms with Crippen LogP contribution in [0.1, 0.15) is 32.1 Å². The SMILES string of the molecule is O=C(O)C1CSCC(C2CCCCC2)N1. The van der Waals surface area contributed by atoms with E-state index in [4.69, 9.17) is 5.11 Å². The van der Waals surface area contributed by atoms with Crippen LogP contribution in [0.4, 0.5) is 0 Å². The predicted octanol–water partition coefficient (Wildman–Crippen LogP) is 1.72. The summed E-state index contributed by atoms with van der Waals surface area (Å²) in [5.41, 5.74) is 0. The van der Waals surface area contributed by atoms with E-state index in [0.29, 0.717) is 12.0 Å². The first-order chi connectivity index (χ1) is 7.27. The minimum atomic E-state index is -0.692. The average molecular weight is 229 g/mol. The summed E-state index contributed by atoms with van der Waals surface area (Å²) in [6.07, 6.45) is 6.57. The molecule has 1 aliphatic heterocycles. The normalized spacial score (nSPS) is 33.9. The molecule has 4 heteroatoms. The second-order valence-corrected chi connectivity index (χ2v) is 5.67. The van der Waals surface area contributed by atoms with Gasteiger partial charge in [-0.25, -0.2) is 0 Å². The van der Waals surface area contributed by atoms with Gasteiger partial charge < -0.3 is 5.11 Å². The highest BCUT2D eigenvalue weighted by Crippen LogP contribution is 2.30. The fourth-order valence-electron chi connectivity index (χ4n) is 2.62. The van der Waals surface area contributed by atoms with Gasteiger partial charge in [0.2, 0.25) is 0 Å². The Kier molecular flexibility index (Phi) is 3.92. The van der Waals surface area contributed by atoms with E-state index in [1.165, 1.54) is 32.1 Å². The van der Waals surface area contributed by atoms with Crippen molar-refractivity contribution in [1.29, 1.82) is 0 Å². The molecule has 2 rings (SSSR count). The number of carboxylic acids is 1. The highest BCUT2D eigenvalue weighted by Gasteiger charge is 2.31. The number of carboxylic acid groups (broad SMARTS) is 1. The van der Waals surface area contributed by atoms with Gasteiger partial charge in [0.25, 0.3) is 0 Å². The number of nitrogens with one attached hydrogen (secondary N) is 1. The van der Waals surface area contributed by atoms with Crippen molar-refractivity contribution in [2.75, 3.05) is 11.5 Å². The van der Waals surface area contributed by atoms with Crippen LogP contribution in [-0.2, 0) is 4.79 Å². The number of carbonyl (C=O) groups is 1. The summed E-state index contributed by atoms with van der Waals surface area (Å²) in [5, 5.41) is 12.3. The standard InChI is InChI=1S/C11H19NO2S/c13-11(14)10-7-15-6-9(12-10)8-4-2-1-3-5-8/h8-10,12H,1-7H2,(H,13,14). The van der Waals surface area contributed by atoms with Crippen LogP contribution in [0, 0.1) is 5.92 Å². The third kappa shape index (κ3) is 2.88. The van der Waals surface area contributed by atoms with Crippen molar-refractivity contribution in [3.05, 3.63) is 0 Å². The lowest BCUT2D eigenvalue weighted by Crippen LogP contribution is -2.52. The first-order valence-corrected chi connectivity index (χ1v) is 6.99. The molecule has 1 saturated carbocycles. The molecular formula is C11H19NO2S. The highest BCUT2D eigenvalue weighted by atomic mass is 32.2. The Balaban J connectivity index is 1.88. The van der Waals surface area contributed by atoms with Crippen LogP contribution in [0.3, 0.4) is 0 Å². The molecule has 0 bridgehead atoms. The van der Waals surface area contributed by atoms with E-state index in [9.17, 15) is 4.79 Å². The van der Waals surface area contributed by atoms with Crippen LogP contribution in [-0.4, -0.2) is 34.7 Å². The number of rotatable bonds is 2. The monoisotopic (exact) mass is 229 g/mol. The topological polar surface area (TPSA) is 49.3 Å². The molecule has 0 spiro atoms. The molecule has 2 atom stereocenters. The van der Waals surface area contributed by atoms with E-state index < -0.39 is 5.97 Å². The third-order valence-electron chi connectivity index (χ3n) is 3.51. The number of aliphatic carboxylic acids is 1. The quantitative estimate of drug-likeness (QED) is 0.757. The van der Waals surface area contributed by atoms with Crippen LogP contribution in [0.2, 0.25) is 0 Å². The van der Waals surface area contributed by atoms with Crippen LogP contribution in [0.25, 0.3) is 0 Å². The summed E-state index contributed by atoms with van der Waals surface area (Å²) in [6.45, 7) is 0. The number of thioether (sulfide) groups is 1. The van der Waals surface area contributed by atoms with Gasteiger partial charge in [-0.1, -0.05) is 19.3 Å². The zero-order valence-corrected chi connectivity index (χ0v) is 9.76. The maximum absolute atomic E-state index is 10.9. The van der Waals surface area contributed by atoms with Crippen molar-refractivity contribution in [3.8, 4) is 0 Å². The maximum atomic E-state index is 10.9. The van der Waals surface area contributed by atoms with E-state index in [0.717, 1.165) is 11.5 Å². The molecule has 2 fully saturated rings. The van der Waals surface area contributed by atoms with Gasteiger partial charge in [0.15, 0.2) is 0 Å². The molecule has 0 aromatic heterocycles. The molecule has 0 amide bonds. The molecule has 86 valence electrons. The molecule has 1 saturated heterocycles. The van der Waals surface area contributed by atoms with Crippen molar-refractivity contribution < 1.29 is 9.90 Å². The highest BCUT2D eigenvalue weighted by molar-refractivity contribution is 7.99. The van der Waals surface area contributed by atoms with Crippen LogP contribution in [0.5, 0.6) is 0 Å². The molecule has 0 aromatic rings. The Hall–Kier alpha value is -0.220. The van der Waals surface area contributed by atoms with Gasteiger partial charge in [0.1, 0.15) is 6.04 Å². The summed E-state index contributed by atoms with van der Waals surface area (Å²) in [7, 11) is 0. The fraction of sp³-hybridized carbons (Fsp3) is 0.909. The molecule has 2 unspecified atom stereocenters. The zero-order chi connectivity index (χ0) is 10.7. The predicted molar refractivity (Wildman–Crippen MR) is 62.2 cm³/mol. The second-order valence-electron chi connectivity index (χ2n) is 4.60. The molecular weight excluding hydrogens is 210 g/mol. The Morgan fingerprint density at radius 3 is 2.60 bits per heavy atom. The molecule has 1 heterocycles. The first-order valence-electron chi connectivity index (χ1n) is 5.84. The van der Waals surface area contributed by atoms with Gasteiger partial charge in [-0.2, -0.15) is 11.8 Å². The van der Waals surface area contributed by atoms with Crippen LogP contribution in [0.15, 0.2) is 0 Å². The lowest BCUT2D eigenvalue weighted by Gasteiger charge is -2.36.